The highest BCUT2D eigenvalue weighted by Gasteiger charge is 2.41. The molecular formula is C24H27FN4O3. The van der Waals surface area contributed by atoms with E-state index in [1.165, 1.54) is 6.07 Å². The van der Waals surface area contributed by atoms with Crippen molar-refractivity contribution in [3.63, 3.8) is 0 Å². The van der Waals surface area contributed by atoms with E-state index < -0.39 is 5.79 Å². The first-order valence-corrected chi connectivity index (χ1v) is 11.0. The van der Waals surface area contributed by atoms with Gasteiger partial charge in [-0.1, -0.05) is 32.9 Å². The summed E-state index contributed by atoms with van der Waals surface area (Å²) in [5, 5.41) is 4.69. The Hall–Kier alpha value is -2.84. The zero-order valence-electron chi connectivity index (χ0n) is 18.6. The topological polar surface area (TPSA) is 69.0 Å². The summed E-state index contributed by atoms with van der Waals surface area (Å²) in [6.45, 7) is 8.39. The maximum atomic E-state index is 14.5. The lowest BCUT2D eigenvalue weighted by atomic mass is 9.93. The van der Waals surface area contributed by atoms with E-state index in [0.29, 0.717) is 61.7 Å². The Morgan fingerprint density at radius 1 is 1.09 bits per heavy atom. The molecule has 0 saturated carbocycles. The molecule has 0 atom stereocenters. The van der Waals surface area contributed by atoms with Crippen LogP contribution in [0.5, 0.6) is 0 Å². The molecule has 0 bridgehead atoms. The number of benzene rings is 1. The van der Waals surface area contributed by atoms with Gasteiger partial charge in [-0.15, -0.1) is 0 Å². The second-order valence-corrected chi connectivity index (χ2v) is 9.46. The summed E-state index contributed by atoms with van der Waals surface area (Å²) in [7, 11) is 0. The van der Waals surface area contributed by atoms with E-state index in [9.17, 15) is 9.18 Å². The molecule has 1 amide bonds. The number of carbonyl (C=O) groups excluding carboxylic acids is 1. The molecule has 2 aliphatic heterocycles. The summed E-state index contributed by atoms with van der Waals surface area (Å²) < 4.78 is 27.7. The van der Waals surface area contributed by atoms with Crippen molar-refractivity contribution in [2.24, 2.45) is 0 Å². The number of likely N-dealkylation sites (tertiary alicyclic amines) is 1. The van der Waals surface area contributed by atoms with Gasteiger partial charge in [0, 0.05) is 43.0 Å². The molecule has 1 spiro atoms. The first-order valence-electron chi connectivity index (χ1n) is 11.0. The smallest absolute Gasteiger partial charge is 0.272 e. The number of hydrogen-bond acceptors (Lipinski definition) is 5. The van der Waals surface area contributed by atoms with Crippen LogP contribution in [0.25, 0.3) is 16.9 Å². The number of piperidine rings is 1. The van der Waals surface area contributed by atoms with Gasteiger partial charge in [-0.2, -0.15) is 5.10 Å². The minimum atomic E-state index is -0.562. The van der Waals surface area contributed by atoms with Crippen LogP contribution < -0.4 is 0 Å². The van der Waals surface area contributed by atoms with Gasteiger partial charge in [0.1, 0.15) is 11.5 Å². The van der Waals surface area contributed by atoms with E-state index in [0.717, 1.165) is 5.69 Å². The fraction of sp³-hybridized carbons (Fsp3) is 0.458. The van der Waals surface area contributed by atoms with Gasteiger partial charge in [0.05, 0.1) is 24.6 Å². The average Bonchev–Trinajstić information content (AvgIpc) is 3.41. The van der Waals surface area contributed by atoms with Crippen molar-refractivity contribution >= 4 is 11.6 Å². The Balaban J connectivity index is 1.56. The third-order valence-corrected chi connectivity index (χ3v) is 6.19. The molecule has 0 aliphatic carbocycles. The molecule has 1 aromatic carbocycles. The summed E-state index contributed by atoms with van der Waals surface area (Å²) in [4.78, 5) is 20.0. The summed E-state index contributed by atoms with van der Waals surface area (Å²) in [5.41, 5.74) is 2.25. The fourth-order valence-electron chi connectivity index (χ4n) is 4.30. The highest BCUT2D eigenvalue weighted by Crippen LogP contribution is 2.32. The highest BCUT2D eigenvalue weighted by molar-refractivity contribution is 5.94. The Morgan fingerprint density at radius 2 is 1.78 bits per heavy atom. The van der Waals surface area contributed by atoms with Crippen molar-refractivity contribution in [3.8, 4) is 11.3 Å². The molecule has 8 heteroatoms. The van der Waals surface area contributed by atoms with Gasteiger partial charge < -0.3 is 14.4 Å². The molecule has 0 radical (unpaired) electrons. The molecule has 32 heavy (non-hydrogen) atoms. The van der Waals surface area contributed by atoms with Crippen molar-refractivity contribution < 1.29 is 18.7 Å². The number of ether oxygens (including phenoxy) is 2. The lowest BCUT2D eigenvalue weighted by Crippen LogP contribution is -2.47. The summed E-state index contributed by atoms with van der Waals surface area (Å²) in [5.74, 6) is -1.10. The van der Waals surface area contributed by atoms with Gasteiger partial charge >= 0.3 is 0 Å². The molecule has 2 saturated heterocycles. The van der Waals surface area contributed by atoms with Gasteiger partial charge in [0.15, 0.2) is 11.4 Å². The van der Waals surface area contributed by atoms with Crippen LogP contribution in [0.2, 0.25) is 0 Å². The van der Waals surface area contributed by atoms with Crippen molar-refractivity contribution in [1.29, 1.82) is 0 Å². The number of nitrogens with zero attached hydrogens (tertiary/aromatic N) is 4. The average molecular weight is 439 g/mol. The molecule has 0 N–H and O–H groups in total. The molecule has 2 aliphatic rings. The summed E-state index contributed by atoms with van der Waals surface area (Å²) in [6, 6.07) is 9.96. The Bertz CT molecular complexity index is 1170. The fourth-order valence-corrected chi connectivity index (χ4v) is 4.30. The van der Waals surface area contributed by atoms with Gasteiger partial charge in [0.25, 0.3) is 5.91 Å². The SMILES string of the molecule is CC(C)(C)c1cc2nc(-c3ccccc3F)cc(C(=O)N3CCC4(CC3)OCCO4)n2n1. The second-order valence-electron chi connectivity index (χ2n) is 9.46. The Morgan fingerprint density at radius 3 is 2.44 bits per heavy atom. The van der Waals surface area contributed by atoms with E-state index in [1.807, 2.05) is 6.07 Å². The van der Waals surface area contributed by atoms with Crippen LogP contribution in [0.15, 0.2) is 36.4 Å². The van der Waals surface area contributed by atoms with Crippen molar-refractivity contribution in [2.75, 3.05) is 26.3 Å². The normalized spacial score (nSPS) is 18.6. The van der Waals surface area contributed by atoms with Crippen molar-refractivity contribution in [3.05, 3.63) is 53.6 Å². The number of fused-ring (bicyclic) bond motifs is 1. The molecule has 0 unspecified atom stereocenters. The van der Waals surface area contributed by atoms with Gasteiger partial charge in [-0.3, -0.25) is 4.79 Å². The number of amides is 1. The number of halogens is 1. The lowest BCUT2D eigenvalue weighted by molar-refractivity contribution is -0.181. The predicted octanol–water partition coefficient (Wildman–Crippen LogP) is 3.81. The van der Waals surface area contributed by atoms with E-state index in [4.69, 9.17) is 14.6 Å². The van der Waals surface area contributed by atoms with Crippen LogP contribution in [0.4, 0.5) is 4.39 Å². The van der Waals surface area contributed by atoms with Crippen LogP contribution >= 0.6 is 0 Å². The van der Waals surface area contributed by atoms with Gasteiger partial charge in [0.2, 0.25) is 0 Å². The minimum Gasteiger partial charge on any atom is -0.347 e. The molecule has 7 nitrogen and oxygen atoms in total. The largest absolute Gasteiger partial charge is 0.347 e. The third kappa shape index (κ3) is 3.67. The van der Waals surface area contributed by atoms with E-state index in [2.05, 4.69) is 25.8 Å². The molecule has 3 aromatic rings. The van der Waals surface area contributed by atoms with Crippen LogP contribution in [0.1, 0.15) is 49.8 Å². The summed E-state index contributed by atoms with van der Waals surface area (Å²) in [6.07, 6.45) is 1.25. The van der Waals surface area contributed by atoms with Crippen molar-refractivity contribution in [1.82, 2.24) is 19.5 Å². The maximum Gasteiger partial charge on any atom is 0.272 e. The van der Waals surface area contributed by atoms with Crippen LogP contribution in [-0.4, -0.2) is 57.5 Å². The molecule has 4 heterocycles. The number of hydrogen-bond donors (Lipinski definition) is 0. The van der Waals surface area contributed by atoms with Crippen LogP contribution in [-0.2, 0) is 14.9 Å². The van der Waals surface area contributed by atoms with Crippen LogP contribution in [0, 0.1) is 5.82 Å². The molecule has 2 aromatic heterocycles. The molecule has 168 valence electrons. The predicted molar refractivity (Wildman–Crippen MR) is 117 cm³/mol. The van der Waals surface area contributed by atoms with Crippen LogP contribution in [0.3, 0.4) is 0 Å². The summed E-state index contributed by atoms with van der Waals surface area (Å²) >= 11 is 0. The number of carbonyl (C=O) groups is 1. The molecule has 5 rings (SSSR count). The Kier molecular flexibility index (Phi) is 5.02. The lowest BCUT2D eigenvalue weighted by Gasteiger charge is -2.37. The first kappa shape index (κ1) is 21.0. The quantitative estimate of drug-likeness (QED) is 0.609. The molecule has 2 fully saturated rings. The monoisotopic (exact) mass is 438 g/mol. The highest BCUT2D eigenvalue weighted by atomic mass is 19.1. The van der Waals surface area contributed by atoms with E-state index in [-0.39, 0.29) is 17.1 Å². The standard InChI is InChI=1S/C24H27FN4O3/c1-23(2,3)20-15-21-26-18(16-6-4-5-7-17(16)25)14-19(29(21)27-20)22(30)28-10-8-24(9-11-28)31-12-13-32-24/h4-7,14-15H,8-13H2,1-3H3. The van der Waals surface area contributed by atoms with E-state index in [1.54, 1.807) is 33.7 Å². The zero-order valence-corrected chi connectivity index (χ0v) is 18.6. The zero-order chi connectivity index (χ0) is 22.5. The third-order valence-electron chi connectivity index (χ3n) is 6.19. The number of rotatable bonds is 2. The van der Waals surface area contributed by atoms with Gasteiger partial charge in [-0.25, -0.2) is 13.9 Å². The van der Waals surface area contributed by atoms with Crippen molar-refractivity contribution in [2.45, 2.75) is 44.8 Å². The Labute approximate surface area is 186 Å². The number of aromatic nitrogens is 3. The molecular weight excluding hydrogens is 411 g/mol. The van der Waals surface area contributed by atoms with E-state index >= 15 is 0 Å². The minimum absolute atomic E-state index is 0.161. The van der Waals surface area contributed by atoms with Gasteiger partial charge in [-0.05, 0) is 18.2 Å². The maximum absolute atomic E-state index is 14.5. The first-order chi connectivity index (χ1) is 15.3. The second kappa shape index (κ2) is 7.64.